The second-order valence-electron chi connectivity index (χ2n) is 5.53. The predicted molar refractivity (Wildman–Crippen MR) is 70.3 cm³/mol. The lowest BCUT2D eigenvalue weighted by Crippen LogP contribution is -2.34. The topological polar surface area (TPSA) is 60.0 Å². The van der Waals surface area contributed by atoms with Crippen molar-refractivity contribution in [2.24, 2.45) is 5.73 Å². The quantitative estimate of drug-likeness (QED) is 0.857. The molecule has 100 valence electrons. The van der Waals surface area contributed by atoms with Crippen LogP contribution in [0.5, 0.6) is 0 Å². The number of hydrogen-bond acceptors (Lipinski definition) is 4. The first-order valence-electron chi connectivity index (χ1n) is 7.20. The highest BCUT2D eigenvalue weighted by Crippen LogP contribution is 2.30. The van der Waals surface area contributed by atoms with E-state index < -0.39 is 0 Å². The highest BCUT2D eigenvalue weighted by atomic mass is 15.3. The average Bonchev–Trinajstić information content (AvgIpc) is 2.84. The zero-order valence-electron chi connectivity index (χ0n) is 11.2. The maximum absolute atomic E-state index is 6.10. The van der Waals surface area contributed by atoms with Gasteiger partial charge >= 0.3 is 0 Å². The van der Waals surface area contributed by atoms with E-state index in [0.29, 0.717) is 5.92 Å². The van der Waals surface area contributed by atoms with E-state index in [2.05, 4.69) is 26.6 Å². The molecule has 0 radical (unpaired) electrons. The van der Waals surface area contributed by atoms with Gasteiger partial charge in [-0.2, -0.15) is 0 Å². The second kappa shape index (κ2) is 4.97. The minimum Gasteiger partial charge on any atom is -0.321 e. The highest BCUT2D eigenvalue weighted by molar-refractivity contribution is 5.08. The van der Waals surface area contributed by atoms with E-state index in [-0.39, 0.29) is 6.04 Å². The number of rotatable bonds is 2. The molecule has 2 aliphatic heterocycles. The Morgan fingerprint density at radius 3 is 2.56 bits per heavy atom. The van der Waals surface area contributed by atoms with Crippen molar-refractivity contribution in [3.05, 3.63) is 11.6 Å². The van der Waals surface area contributed by atoms with Crippen molar-refractivity contribution in [1.29, 1.82) is 0 Å². The lowest BCUT2D eigenvalue weighted by molar-refractivity contribution is 0.216. The second-order valence-corrected chi connectivity index (χ2v) is 5.53. The first-order valence-corrected chi connectivity index (χ1v) is 7.20. The minimum absolute atomic E-state index is 0.0933. The molecule has 1 saturated heterocycles. The van der Waals surface area contributed by atoms with Crippen molar-refractivity contribution in [2.75, 3.05) is 19.6 Å². The Hall–Kier alpha value is -0.940. The van der Waals surface area contributed by atoms with Gasteiger partial charge < -0.3 is 15.2 Å². The fraction of sp³-hybridized carbons (Fsp3) is 0.846. The van der Waals surface area contributed by atoms with Crippen LogP contribution in [0.3, 0.4) is 0 Å². The van der Waals surface area contributed by atoms with Crippen LogP contribution in [0.25, 0.3) is 0 Å². The average molecular weight is 249 g/mol. The van der Waals surface area contributed by atoms with Crippen LogP contribution in [0.2, 0.25) is 0 Å². The molecule has 0 bridgehead atoms. The van der Waals surface area contributed by atoms with E-state index in [9.17, 15) is 0 Å². The van der Waals surface area contributed by atoms with Gasteiger partial charge in [0, 0.05) is 12.5 Å². The summed E-state index contributed by atoms with van der Waals surface area (Å²) >= 11 is 0. The maximum Gasteiger partial charge on any atom is 0.149 e. The molecule has 5 nitrogen and oxygen atoms in total. The van der Waals surface area contributed by atoms with Crippen LogP contribution in [0.4, 0.5) is 0 Å². The van der Waals surface area contributed by atoms with Gasteiger partial charge in [-0.25, -0.2) is 0 Å². The predicted octanol–water partition coefficient (Wildman–Crippen LogP) is 1.27. The molecule has 1 atom stereocenters. The number of aromatic nitrogens is 3. The molecule has 1 aromatic rings. The molecule has 3 heterocycles. The fourth-order valence-corrected chi connectivity index (χ4v) is 3.24. The lowest BCUT2D eigenvalue weighted by Gasteiger charge is -2.31. The van der Waals surface area contributed by atoms with Crippen molar-refractivity contribution in [3.8, 4) is 0 Å². The van der Waals surface area contributed by atoms with Crippen LogP contribution >= 0.6 is 0 Å². The van der Waals surface area contributed by atoms with Crippen LogP contribution < -0.4 is 5.73 Å². The molecule has 0 saturated carbocycles. The normalized spacial score (nSPS) is 26.2. The molecule has 5 heteroatoms. The molecule has 0 aliphatic carbocycles. The summed E-state index contributed by atoms with van der Waals surface area (Å²) < 4.78 is 2.29. The van der Waals surface area contributed by atoms with E-state index in [1.54, 1.807) is 0 Å². The molecule has 0 amide bonds. The molecule has 3 rings (SSSR count). The van der Waals surface area contributed by atoms with Crippen molar-refractivity contribution in [2.45, 2.75) is 51.1 Å². The molecule has 2 aliphatic rings. The SMILES string of the molecule is CCN1CCC(c2nnc3n2CCCC3N)CC1. The number of nitrogens with zero attached hydrogens (tertiary/aromatic N) is 4. The van der Waals surface area contributed by atoms with Crippen molar-refractivity contribution in [1.82, 2.24) is 19.7 Å². The Kier molecular flexibility index (Phi) is 3.35. The third-order valence-electron chi connectivity index (χ3n) is 4.44. The monoisotopic (exact) mass is 249 g/mol. The zero-order chi connectivity index (χ0) is 12.5. The number of piperidine rings is 1. The van der Waals surface area contributed by atoms with Gasteiger partial charge in [0.15, 0.2) is 0 Å². The van der Waals surface area contributed by atoms with E-state index in [4.69, 9.17) is 5.73 Å². The standard InChI is InChI=1S/C13H23N5/c1-2-17-8-5-10(6-9-17)12-15-16-13-11(14)4-3-7-18(12)13/h10-11H,2-9,14H2,1H3. The van der Waals surface area contributed by atoms with Crippen molar-refractivity contribution in [3.63, 3.8) is 0 Å². The Bertz CT molecular complexity index is 406. The summed E-state index contributed by atoms with van der Waals surface area (Å²) in [5.41, 5.74) is 6.10. The summed E-state index contributed by atoms with van der Waals surface area (Å²) in [7, 11) is 0. The summed E-state index contributed by atoms with van der Waals surface area (Å²) in [6.45, 7) is 6.83. The first-order chi connectivity index (χ1) is 8.79. The molecule has 0 aromatic carbocycles. The number of fused-ring (bicyclic) bond motifs is 1. The van der Waals surface area contributed by atoms with Gasteiger partial charge in [-0.1, -0.05) is 6.92 Å². The molecule has 0 spiro atoms. The molecular formula is C13H23N5. The van der Waals surface area contributed by atoms with Gasteiger partial charge in [-0.3, -0.25) is 0 Å². The smallest absolute Gasteiger partial charge is 0.149 e. The number of likely N-dealkylation sites (tertiary alicyclic amines) is 1. The Morgan fingerprint density at radius 2 is 1.83 bits per heavy atom. The van der Waals surface area contributed by atoms with Gasteiger partial charge in [0.05, 0.1) is 6.04 Å². The van der Waals surface area contributed by atoms with Gasteiger partial charge in [0.25, 0.3) is 0 Å². The van der Waals surface area contributed by atoms with Crippen LogP contribution in [0, 0.1) is 0 Å². The number of nitrogens with two attached hydrogens (primary N) is 1. The van der Waals surface area contributed by atoms with Gasteiger partial charge in [0.2, 0.25) is 0 Å². The first kappa shape index (κ1) is 12.1. The van der Waals surface area contributed by atoms with E-state index in [1.807, 2.05) is 0 Å². The largest absolute Gasteiger partial charge is 0.321 e. The van der Waals surface area contributed by atoms with Crippen LogP contribution in [0.1, 0.15) is 56.2 Å². The summed E-state index contributed by atoms with van der Waals surface area (Å²) in [6, 6.07) is 0.0933. The Balaban J connectivity index is 1.77. The Morgan fingerprint density at radius 1 is 1.11 bits per heavy atom. The third-order valence-corrected chi connectivity index (χ3v) is 4.44. The fourth-order valence-electron chi connectivity index (χ4n) is 3.24. The van der Waals surface area contributed by atoms with Gasteiger partial charge in [-0.15, -0.1) is 10.2 Å². The number of hydrogen-bond donors (Lipinski definition) is 1. The zero-order valence-corrected chi connectivity index (χ0v) is 11.2. The van der Waals surface area contributed by atoms with Crippen LogP contribution in [-0.2, 0) is 6.54 Å². The van der Waals surface area contributed by atoms with E-state index in [0.717, 1.165) is 31.8 Å². The third kappa shape index (κ3) is 2.06. The lowest BCUT2D eigenvalue weighted by atomic mass is 9.95. The summed E-state index contributed by atoms with van der Waals surface area (Å²) in [5.74, 6) is 2.78. The molecule has 1 fully saturated rings. The van der Waals surface area contributed by atoms with Gasteiger partial charge in [0.1, 0.15) is 11.6 Å². The van der Waals surface area contributed by atoms with Crippen LogP contribution in [-0.4, -0.2) is 39.3 Å². The van der Waals surface area contributed by atoms with E-state index >= 15 is 0 Å². The molecule has 1 aromatic heterocycles. The van der Waals surface area contributed by atoms with Crippen molar-refractivity contribution >= 4 is 0 Å². The minimum atomic E-state index is 0.0933. The molecule has 1 unspecified atom stereocenters. The van der Waals surface area contributed by atoms with Crippen molar-refractivity contribution < 1.29 is 0 Å². The summed E-state index contributed by atoms with van der Waals surface area (Å²) in [4.78, 5) is 2.51. The highest BCUT2D eigenvalue weighted by Gasteiger charge is 2.28. The van der Waals surface area contributed by atoms with Gasteiger partial charge in [-0.05, 0) is 45.3 Å². The molecular weight excluding hydrogens is 226 g/mol. The molecule has 18 heavy (non-hydrogen) atoms. The summed E-state index contributed by atoms with van der Waals surface area (Å²) in [5, 5.41) is 8.76. The summed E-state index contributed by atoms with van der Waals surface area (Å²) in [6.07, 6.45) is 4.63. The van der Waals surface area contributed by atoms with E-state index in [1.165, 1.54) is 31.8 Å². The Labute approximate surface area is 108 Å². The molecule has 2 N–H and O–H groups in total. The van der Waals surface area contributed by atoms with Crippen LogP contribution in [0.15, 0.2) is 0 Å². The maximum atomic E-state index is 6.10.